The number of amides is 1. The number of nitrogens with zero attached hydrogens (tertiary/aromatic N) is 1. The van der Waals surface area contributed by atoms with Crippen molar-refractivity contribution in [1.29, 1.82) is 0 Å². The zero-order chi connectivity index (χ0) is 36.4. The van der Waals surface area contributed by atoms with Gasteiger partial charge >= 0.3 is 11.9 Å². The van der Waals surface area contributed by atoms with E-state index in [0.29, 0.717) is 25.7 Å². The van der Waals surface area contributed by atoms with Crippen molar-refractivity contribution in [3.63, 3.8) is 0 Å². The number of esters is 2. The molecule has 0 spiro atoms. The first-order valence-electron chi connectivity index (χ1n) is 17.5. The van der Waals surface area contributed by atoms with Crippen molar-refractivity contribution in [2.45, 2.75) is 116 Å². The van der Waals surface area contributed by atoms with Crippen LogP contribution >= 0.6 is 0 Å². The number of aliphatic hydroxyl groups is 1. The predicted molar refractivity (Wildman–Crippen MR) is 172 cm³/mol. The van der Waals surface area contributed by atoms with Crippen molar-refractivity contribution in [2.24, 2.45) is 28.6 Å². The molecule has 0 aromatic heterocycles. The first kappa shape index (κ1) is 37.6. The van der Waals surface area contributed by atoms with Gasteiger partial charge in [-0.1, -0.05) is 44.9 Å². The molecule has 0 aromatic rings. The van der Waals surface area contributed by atoms with E-state index in [1.54, 1.807) is 6.08 Å². The Balaban J connectivity index is 1.29. The van der Waals surface area contributed by atoms with Crippen LogP contribution in [-0.4, -0.2) is 89.6 Å². The van der Waals surface area contributed by atoms with Crippen LogP contribution in [0.5, 0.6) is 0 Å². The molecule has 3 fully saturated rings. The lowest BCUT2D eigenvalue weighted by atomic mass is 9.47. The third-order valence-electron chi connectivity index (χ3n) is 11.6. The predicted octanol–water partition coefficient (Wildman–Crippen LogP) is 2.69. The average Bonchev–Trinajstić information content (AvgIpc) is 3.52. The van der Waals surface area contributed by atoms with Crippen molar-refractivity contribution < 1.29 is 58.0 Å². The van der Waals surface area contributed by atoms with Gasteiger partial charge in [0.05, 0.1) is 31.8 Å². The topological polar surface area (TPSA) is 207 Å². The van der Waals surface area contributed by atoms with E-state index in [1.807, 2.05) is 19.9 Å². The minimum Gasteiger partial charge on any atom is -0.464 e. The van der Waals surface area contributed by atoms with Crippen molar-refractivity contribution in [1.82, 2.24) is 5.32 Å². The van der Waals surface area contributed by atoms with Crippen LogP contribution in [0.2, 0.25) is 0 Å². The lowest BCUT2D eigenvalue weighted by Gasteiger charge is -2.59. The number of rotatable bonds is 15. The fourth-order valence-electron chi connectivity index (χ4n) is 9.45. The minimum atomic E-state index is -1.50. The van der Waals surface area contributed by atoms with E-state index < -0.39 is 82.7 Å². The molecule has 1 saturated heterocycles. The fourth-order valence-corrected chi connectivity index (χ4v) is 9.45. The van der Waals surface area contributed by atoms with E-state index >= 15 is 0 Å². The number of carbonyl (C=O) groups excluding carboxylic acids is 5. The molecule has 1 amide bonds. The van der Waals surface area contributed by atoms with Crippen molar-refractivity contribution in [2.75, 3.05) is 19.8 Å². The number of carbonyl (C=O) groups is 5. The summed E-state index contributed by atoms with van der Waals surface area (Å²) in [4.78, 5) is 78.6. The number of allylic oxidation sites excluding steroid dienone is 4. The van der Waals surface area contributed by atoms with Crippen LogP contribution in [-0.2, 0) is 47.8 Å². The van der Waals surface area contributed by atoms with Gasteiger partial charge in [0, 0.05) is 30.1 Å². The standard InChI is InChI=1S/C35H48N2O13/c1-5-8-30-49-28-16-24-23-10-9-21-15-22(39)11-12-33(21,3)31(23)26(40)18-34(24,4)35(28,50-30)27(41)19-47-29(42)17-25(36-20(2)38)32(43)46-13-6-7-14-48-37(44)45/h9,11-12,23-26,28,30-31,40H,5-8,10,13-19H2,1-4H3,(H,36,38)/t23-,24-,25?,26-,28+,30?,31+,33-,34-,35?/m0/s1. The summed E-state index contributed by atoms with van der Waals surface area (Å²) >= 11 is 0. The molecule has 1 heterocycles. The zero-order valence-corrected chi connectivity index (χ0v) is 29.1. The molecule has 0 bridgehead atoms. The van der Waals surface area contributed by atoms with Crippen LogP contribution in [0.4, 0.5) is 0 Å². The summed E-state index contributed by atoms with van der Waals surface area (Å²) < 4.78 is 23.6. The lowest BCUT2D eigenvalue weighted by molar-refractivity contribution is -0.757. The van der Waals surface area contributed by atoms with Gasteiger partial charge in [0.1, 0.15) is 6.04 Å². The van der Waals surface area contributed by atoms with Gasteiger partial charge in [0.25, 0.3) is 5.09 Å². The number of aliphatic hydroxyl groups excluding tert-OH is 1. The normalized spacial score (nSPS) is 35.8. The number of hydrogen-bond donors (Lipinski definition) is 2. The van der Waals surface area contributed by atoms with Gasteiger partial charge in [-0.3, -0.25) is 19.2 Å². The number of Topliss-reactive ketones (excluding diaryl/α,β-unsaturated/α-hetero) is 1. The van der Waals surface area contributed by atoms with E-state index in [9.17, 15) is 39.2 Å². The molecule has 15 nitrogen and oxygen atoms in total. The zero-order valence-electron chi connectivity index (χ0n) is 29.1. The van der Waals surface area contributed by atoms with Gasteiger partial charge in [0.15, 0.2) is 24.3 Å². The van der Waals surface area contributed by atoms with Gasteiger partial charge in [-0.05, 0) is 56.4 Å². The summed E-state index contributed by atoms with van der Waals surface area (Å²) in [6.45, 7) is 6.21. The van der Waals surface area contributed by atoms with Crippen LogP contribution in [0.25, 0.3) is 0 Å². The number of ketones is 2. The smallest absolute Gasteiger partial charge is 0.329 e. The summed E-state index contributed by atoms with van der Waals surface area (Å²) in [6.07, 6.45) is 6.47. The first-order valence-corrected chi connectivity index (χ1v) is 17.5. The van der Waals surface area contributed by atoms with E-state index in [0.717, 1.165) is 12.0 Å². The SMILES string of the molecule is CCCC1O[C@@H]2C[C@H]3[C@@H]4CC=C5CC(=O)C=C[C@]5(C)[C@H]4[C@@H](O)C[C@]3(C)C2(C(=O)COC(=O)CC(NC(C)=O)C(=O)OCCCCO[N+](=O)[O-])O1. The summed E-state index contributed by atoms with van der Waals surface area (Å²) in [5.74, 6) is -3.14. The number of unbranched alkanes of at least 4 members (excludes halogenated alkanes) is 1. The highest BCUT2D eigenvalue weighted by molar-refractivity contribution is 5.94. The quantitative estimate of drug-likeness (QED) is 0.0828. The Kier molecular flexibility index (Phi) is 11.2. The Morgan fingerprint density at radius 2 is 1.92 bits per heavy atom. The van der Waals surface area contributed by atoms with Gasteiger partial charge in [0.2, 0.25) is 11.7 Å². The third kappa shape index (κ3) is 6.96. The second-order valence-corrected chi connectivity index (χ2v) is 14.6. The van der Waals surface area contributed by atoms with Gasteiger partial charge in [-0.2, -0.15) is 0 Å². The van der Waals surface area contributed by atoms with E-state index in [4.69, 9.17) is 18.9 Å². The molecule has 4 aliphatic carbocycles. The summed E-state index contributed by atoms with van der Waals surface area (Å²) in [5, 5.41) is 23.6. The Morgan fingerprint density at radius 1 is 1.18 bits per heavy atom. The Labute approximate surface area is 290 Å². The number of nitrogens with one attached hydrogen (secondary N) is 1. The Hall–Kier alpha value is -3.69. The molecule has 15 heteroatoms. The maximum atomic E-state index is 14.4. The van der Waals surface area contributed by atoms with E-state index in [-0.39, 0.29) is 56.0 Å². The summed E-state index contributed by atoms with van der Waals surface area (Å²) in [5.41, 5.74) is -1.84. The van der Waals surface area contributed by atoms with Gasteiger partial charge in [-0.15, -0.1) is 10.1 Å². The molecule has 0 aromatic carbocycles. The van der Waals surface area contributed by atoms with E-state index in [2.05, 4.69) is 23.2 Å². The molecule has 276 valence electrons. The number of ether oxygens (including phenoxy) is 4. The monoisotopic (exact) mass is 704 g/mol. The molecule has 0 radical (unpaired) electrons. The van der Waals surface area contributed by atoms with Crippen LogP contribution in [0.1, 0.15) is 85.5 Å². The molecular weight excluding hydrogens is 656 g/mol. The van der Waals surface area contributed by atoms with Crippen molar-refractivity contribution in [3.05, 3.63) is 33.9 Å². The highest BCUT2D eigenvalue weighted by Crippen LogP contribution is 2.69. The summed E-state index contributed by atoms with van der Waals surface area (Å²) in [7, 11) is 0. The molecule has 1 aliphatic heterocycles. The average molecular weight is 705 g/mol. The fraction of sp³-hybridized carbons (Fsp3) is 0.743. The Morgan fingerprint density at radius 3 is 2.62 bits per heavy atom. The van der Waals surface area contributed by atoms with Gasteiger partial charge < -0.3 is 34.2 Å². The molecule has 2 N–H and O–H groups in total. The van der Waals surface area contributed by atoms with Crippen molar-refractivity contribution >= 4 is 29.4 Å². The molecule has 5 rings (SSSR count). The first-order chi connectivity index (χ1) is 23.7. The molecule has 3 unspecified atom stereocenters. The van der Waals surface area contributed by atoms with E-state index in [1.165, 1.54) is 6.92 Å². The maximum Gasteiger partial charge on any atom is 0.329 e. The molecular formula is C35H48N2O13. The minimum absolute atomic E-state index is 0.0185. The van der Waals surface area contributed by atoms with Crippen LogP contribution in [0.3, 0.4) is 0 Å². The largest absolute Gasteiger partial charge is 0.464 e. The van der Waals surface area contributed by atoms with Crippen molar-refractivity contribution in [3.8, 4) is 0 Å². The molecule has 50 heavy (non-hydrogen) atoms. The highest BCUT2D eigenvalue weighted by Gasteiger charge is 2.75. The second kappa shape index (κ2) is 14.9. The Bertz CT molecular complexity index is 1440. The molecule has 10 atom stereocenters. The lowest BCUT2D eigenvalue weighted by Crippen LogP contribution is -2.63. The second-order valence-electron chi connectivity index (χ2n) is 14.6. The third-order valence-corrected chi connectivity index (χ3v) is 11.6. The van der Waals surface area contributed by atoms with Crippen LogP contribution in [0.15, 0.2) is 23.8 Å². The summed E-state index contributed by atoms with van der Waals surface area (Å²) in [6, 6.07) is -1.38. The van der Waals surface area contributed by atoms with Gasteiger partial charge in [-0.25, -0.2) is 4.79 Å². The molecule has 2 saturated carbocycles. The maximum absolute atomic E-state index is 14.4. The van der Waals surface area contributed by atoms with Crippen LogP contribution < -0.4 is 5.32 Å². The number of fused-ring (bicyclic) bond motifs is 7. The molecule has 5 aliphatic rings. The number of hydrogen-bond acceptors (Lipinski definition) is 13. The van der Waals surface area contributed by atoms with Crippen LogP contribution in [0, 0.1) is 38.7 Å². The highest BCUT2D eigenvalue weighted by atomic mass is 16.9.